The Labute approximate surface area is 218 Å². The number of H-pyrrole nitrogens is 2. The highest BCUT2D eigenvalue weighted by Gasteiger charge is 2.17. The van der Waals surface area contributed by atoms with Gasteiger partial charge in [-0.05, 0) is 66.9 Å². The van der Waals surface area contributed by atoms with Crippen molar-refractivity contribution in [3.8, 4) is 34.1 Å². The molecule has 5 aromatic rings. The monoisotopic (exact) mass is 514 g/mol. The summed E-state index contributed by atoms with van der Waals surface area (Å²) in [6.45, 7) is 5.06. The van der Waals surface area contributed by atoms with Crippen molar-refractivity contribution in [2.75, 3.05) is 7.11 Å². The molecule has 10 heteroatoms. The Morgan fingerprint density at radius 3 is 2.18 bits per heavy atom. The molecule has 2 aromatic carbocycles. The maximum Gasteiger partial charge on any atom is 0.332 e. The molecule has 0 atom stereocenters. The summed E-state index contributed by atoms with van der Waals surface area (Å²) in [4.78, 5) is 41.3. The number of ether oxygens (including phenoxy) is 2. The summed E-state index contributed by atoms with van der Waals surface area (Å²) in [6, 6.07) is 15.1. The summed E-state index contributed by atoms with van der Waals surface area (Å²) >= 11 is 0. The minimum Gasteiger partial charge on any atom is -0.497 e. The second kappa shape index (κ2) is 10.8. The van der Waals surface area contributed by atoms with Gasteiger partial charge in [0.25, 0.3) is 5.56 Å². The van der Waals surface area contributed by atoms with Gasteiger partial charge >= 0.3 is 5.69 Å². The molecule has 0 radical (unpaired) electrons. The normalized spacial score (nSPS) is 11.2. The van der Waals surface area contributed by atoms with E-state index in [9.17, 15) is 9.59 Å². The predicted molar refractivity (Wildman–Crippen MR) is 146 cm³/mol. The fourth-order valence-corrected chi connectivity index (χ4v) is 4.36. The van der Waals surface area contributed by atoms with Gasteiger partial charge in [-0.3, -0.25) is 13.9 Å². The molecular formula is C28H30N6O4. The highest BCUT2D eigenvalue weighted by molar-refractivity contribution is 5.75. The molecule has 5 rings (SSSR count). The van der Waals surface area contributed by atoms with Crippen molar-refractivity contribution in [2.45, 2.75) is 46.4 Å². The van der Waals surface area contributed by atoms with Crippen molar-refractivity contribution in [1.82, 2.24) is 29.1 Å². The largest absolute Gasteiger partial charge is 0.497 e. The van der Waals surface area contributed by atoms with Crippen LogP contribution in [0.5, 0.6) is 11.5 Å². The molecule has 0 amide bonds. The van der Waals surface area contributed by atoms with E-state index >= 15 is 0 Å². The fourth-order valence-electron chi connectivity index (χ4n) is 4.36. The van der Waals surface area contributed by atoms with Crippen molar-refractivity contribution in [3.63, 3.8) is 0 Å². The van der Waals surface area contributed by atoms with Crippen LogP contribution in [0.4, 0.5) is 0 Å². The van der Waals surface area contributed by atoms with E-state index in [0.717, 1.165) is 29.0 Å². The zero-order valence-electron chi connectivity index (χ0n) is 21.7. The number of benzene rings is 2. The van der Waals surface area contributed by atoms with Crippen LogP contribution < -0.4 is 20.7 Å². The number of hydrogen-bond donors (Lipinski definition) is 2. The number of aromatic amines is 2. The van der Waals surface area contributed by atoms with E-state index in [1.807, 2.05) is 62.4 Å². The lowest BCUT2D eigenvalue weighted by molar-refractivity contribution is 0.297. The van der Waals surface area contributed by atoms with Gasteiger partial charge in [0.05, 0.1) is 19.0 Å². The predicted octanol–water partition coefficient (Wildman–Crippen LogP) is 4.35. The molecule has 3 heterocycles. The molecule has 0 saturated carbocycles. The minimum absolute atomic E-state index is 0.278. The van der Waals surface area contributed by atoms with E-state index < -0.39 is 0 Å². The number of aryl methyl sites for hydroxylation is 1. The van der Waals surface area contributed by atoms with E-state index in [-0.39, 0.29) is 17.9 Å². The third-order valence-corrected chi connectivity index (χ3v) is 6.29. The number of rotatable bonds is 10. The van der Waals surface area contributed by atoms with Gasteiger partial charge in [-0.1, -0.05) is 13.8 Å². The molecule has 10 nitrogen and oxygen atoms in total. The zero-order chi connectivity index (χ0) is 26.6. The molecule has 0 unspecified atom stereocenters. The summed E-state index contributed by atoms with van der Waals surface area (Å²) < 4.78 is 14.0. The highest BCUT2D eigenvalue weighted by atomic mass is 16.5. The smallest absolute Gasteiger partial charge is 0.332 e. The Kier molecular flexibility index (Phi) is 7.12. The molecule has 0 spiro atoms. The summed E-state index contributed by atoms with van der Waals surface area (Å²) in [7, 11) is 1.64. The van der Waals surface area contributed by atoms with E-state index in [0.29, 0.717) is 48.1 Å². The SMILES string of the molecule is CCCn1c(=O)c2[nH]c(-c3ccc(OCc4ncc(-c5ccc(OC)cc5)[nH]4)cc3)nc2n(CCC)c1=O. The Morgan fingerprint density at radius 2 is 1.50 bits per heavy atom. The van der Waals surface area contributed by atoms with E-state index in [1.54, 1.807) is 17.9 Å². The molecule has 38 heavy (non-hydrogen) atoms. The first kappa shape index (κ1) is 25.1. The lowest BCUT2D eigenvalue weighted by Crippen LogP contribution is -2.40. The molecule has 0 bridgehead atoms. The van der Waals surface area contributed by atoms with Crippen LogP contribution in [-0.2, 0) is 19.7 Å². The van der Waals surface area contributed by atoms with Crippen molar-refractivity contribution >= 4 is 11.2 Å². The maximum atomic E-state index is 13.0. The van der Waals surface area contributed by atoms with Gasteiger partial charge in [0.15, 0.2) is 5.65 Å². The van der Waals surface area contributed by atoms with Crippen LogP contribution >= 0.6 is 0 Å². The van der Waals surface area contributed by atoms with Crippen LogP contribution in [0.25, 0.3) is 33.8 Å². The lowest BCUT2D eigenvalue weighted by atomic mass is 10.2. The fraction of sp³-hybridized carbons (Fsp3) is 0.286. The van der Waals surface area contributed by atoms with Gasteiger partial charge in [-0.15, -0.1) is 0 Å². The topological polar surface area (TPSA) is 120 Å². The number of hydrogen-bond acceptors (Lipinski definition) is 6. The Balaban J connectivity index is 1.33. The molecule has 0 aliphatic heterocycles. The van der Waals surface area contributed by atoms with Gasteiger partial charge in [0.2, 0.25) is 0 Å². The van der Waals surface area contributed by atoms with Crippen LogP contribution in [-0.4, -0.2) is 36.2 Å². The van der Waals surface area contributed by atoms with E-state index in [4.69, 9.17) is 9.47 Å². The number of aromatic nitrogens is 6. The molecule has 2 N–H and O–H groups in total. The Hall–Kier alpha value is -4.60. The molecule has 0 saturated heterocycles. The molecule has 3 aromatic heterocycles. The van der Waals surface area contributed by atoms with Crippen LogP contribution in [0.3, 0.4) is 0 Å². The average Bonchev–Trinajstić information content (AvgIpc) is 3.61. The average molecular weight is 515 g/mol. The third kappa shape index (κ3) is 4.84. The standard InChI is InChI=1S/C28H30N6O4/c1-4-14-33-26-24(27(35)34(15-5-2)28(33)36)31-25(32-26)19-8-12-21(13-9-19)38-17-23-29-16-22(30-23)18-6-10-20(37-3)11-7-18/h6-13,16H,4-5,14-15,17H2,1-3H3,(H,29,30)(H,31,32). The van der Waals surface area contributed by atoms with Gasteiger partial charge in [-0.25, -0.2) is 14.8 Å². The van der Waals surface area contributed by atoms with Crippen molar-refractivity contribution in [1.29, 1.82) is 0 Å². The van der Waals surface area contributed by atoms with Crippen LogP contribution in [0.2, 0.25) is 0 Å². The lowest BCUT2D eigenvalue weighted by Gasteiger charge is -2.09. The van der Waals surface area contributed by atoms with Gasteiger partial charge < -0.3 is 19.4 Å². The van der Waals surface area contributed by atoms with Crippen molar-refractivity contribution in [3.05, 3.63) is 81.4 Å². The van der Waals surface area contributed by atoms with Crippen LogP contribution in [0.1, 0.15) is 32.5 Å². The van der Waals surface area contributed by atoms with Crippen molar-refractivity contribution in [2.24, 2.45) is 0 Å². The second-order valence-electron chi connectivity index (χ2n) is 8.96. The third-order valence-electron chi connectivity index (χ3n) is 6.29. The van der Waals surface area contributed by atoms with Gasteiger partial charge in [-0.2, -0.15) is 0 Å². The summed E-state index contributed by atoms with van der Waals surface area (Å²) in [6.07, 6.45) is 3.22. The molecule has 0 aliphatic rings. The number of fused-ring (bicyclic) bond motifs is 1. The second-order valence-corrected chi connectivity index (χ2v) is 8.96. The molecule has 0 aliphatic carbocycles. The Morgan fingerprint density at radius 1 is 0.842 bits per heavy atom. The minimum atomic E-state index is -0.342. The quantitative estimate of drug-likeness (QED) is 0.286. The summed E-state index contributed by atoms with van der Waals surface area (Å²) in [5.74, 6) is 2.69. The van der Waals surface area contributed by atoms with Gasteiger partial charge in [0, 0.05) is 18.7 Å². The molecule has 196 valence electrons. The Bertz CT molecular complexity index is 1660. The van der Waals surface area contributed by atoms with Crippen molar-refractivity contribution < 1.29 is 9.47 Å². The number of nitrogens with one attached hydrogen (secondary N) is 2. The van der Waals surface area contributed by atoms with E-state index in [2.05, 4.69) is 19.9 Å². The summed E-state index contributed by atoms with van der Waals surface area (Å²) in [5, 5.41) is 0. The summed E-state index contributed by atoms with van der Waals surface area (Å²) in [5.41, 5.74) is 2.75. The van der Waals surface area contributed by atoms with Crippen LogP contribution in [0, 0.1) is 0 Å². The first-order valence-electron chi connectivity index (χ1n) is 12.7. The molecule has 0 fully saturated rings. The number of methoxy groups -OCH3 is 1. The first-order valence-corrected chi connectivity index (χ1v) is 12.7. The highest BCUT2D eigenvalue weighted by Crippen LogP contribution is 2.23. The van der Waals surface area contributed by atoms with Gasteiger partial charge in [0.1, 0.15) is 35.3 Å². The zero-order valence-corrected chi connectivity index (χ0v) is 21.7. The van der Waals surface area contributed by atoms with Crippen LogP contribution in [0.15, 0.2) is 64.3 Å². The first-order chi connectivity index (χ1) is 18.5. The van der Waals surface area contributed by atoms with E-state index in [1.165, 1.54) is 4.57 Å². The maximum absolute atomic E-state index is 13.0. The number of imidazole rings is 2. The molecular weight excluding hydrogens is 484 g/mol. The number of nitrogens with zero attached hydrogens (tertiary/aromatic N) is 4.